The van der Waals surface area contributed by atoms with Crippen molar-refractivity contribution in [2.24, 2.45) is 0 Å². The van der Waals surface area contributed by atoms with Gasteiger partial charge in [0, 0.05) is 12.6 Å². The van der Waals surface area contributed by atoms with Crippen LogP contribution in [0.1, 0.15) is 19.8 Å². The molecule has 4 heteroatoms. The van der Waals surface area contributed by atoms with Crippen molar-refractivity contribution in [1.82, 2.24) is 14.9 Å². The topological polar surface area (TPSA) is 46.9 Å². The van der Waals surface area contributed by atoms with E-state index >= 15 is 0 Å². The number of hydrogen-bond donors (Lipinski definition) is 1. The van der Waals surface area contributed by atoms with Crippen molar-refractivity contribution in [3.8, 4) is 0 Å². The van der Waals surface area contributed by atoms with Crippen molar-refractivity contribution in [3.05, 3.63) is 40.8 Å². The van der Waals surface area contributed by atoms with Crippen LogP contribution in [0.15, 0.2) is 35.3 Å². The summed E-state index contributed by atoms with van der Waals surface area (Å²) < 4.78 is 1.81. The van der Waals surface area contributed by atoms with Gasteiger partial charge in [0.1, 0.15) is 0 Å². The van der Waals surface area contributed by atoms with Crippen molar-refractivity contribution in [2.75, 3.05) is 7.05 Å². The van der Waals surface area contributed by atoms with Gasteiger partial charge < -0.3 is 9.88 Å². The van der Waals surface area contributed by atoms with Crippen molar-refractivity contribution < 1.29 is 0 Å². The maximum atomic E-state index is 11.9. The molecule has 4 nitrogen and oxygen atoms in total. The first kappa shape index (κ1) is 12.8. The number of aryl methyl sites for hydroxylation is 1. The Morgan fingerprint density at radius 3 is 2.94 bits per heavy atom. The van der Waals surface area contributed by atoms with Crippen molar-refractivity contribution >= 4 is 11.0 Å². The Morgan fingerprint density at radius 1 is 1.39 bits per heavy atom. The first-order chi connectivity index (χ1) is 8.72. The van der Waals surface area contributed by atoms with Crippen LogP contribution >= 0.6 is 0 Å². The van der Waals surface area contributed by atoms with Crippen LogP contribution in [0, 0.1) is 0 Å². The zero-order valence-corrected chi connectivity index (χ0v) is 10.9. The zero-order valence-electron chi connectivity index (χ0n) is 10.9. The van der Waals surface area contributed by atoms with E-state index in [0.717, 1.165) is 30.4 Å². The number of para-hydroxylation sites is 2. The molecule has 1 N–H and O–H groups in total. The number of nitrogens with zero attached hydrogens (tertiary/aromatic N) is 2. The second kappa shape index (κ2) is 5.78. The van der Waals surface area contributed by atoms with Gasteiger partial charge in [-0.2, -0.15) is 0 Å². The third-order valence-corrected chi connectivity index (χ3v) is 3.26. The highest BCUT2D eigenvalue weighted by molar-refractivity contribution is 5.74. The van der Waals surface area contributed by atoms with Crippen LogP contribution in [0.4, 0.5) is 0 Å². The van der Waals surface area contributed by atoms with Gasteiger partial charge >= 0.3 is 0 Å². The van der Waals surface area contributed by atoms with Gasteiger partial charge in [-0.25, -0.2) is 4.98 Å². The normalized spacial score (nSPS) is 12.8. The second-order valence-electron chi connectivity index (χ2n) is 4.57. The summed E-state index contributed by atoms with van der Waals surface area (Å²) in [6.45, 7) is 2.89. The van der Waals surface area contributed by atoms with Gasteiger partial charge in [0.25, 0.3) is 5.56 Å². The Kier molecular flexibility index (Phi) is 4.10. The first-order valence-electron chi connectivity index (χ1n) is 6.34. The number of aromatic nitrogens is 2. The van der Waals surface area contributed by atoms with E-state index in [-0.39, 0.29) is 5.56 Å². The van der Waals surface area contributed by atoms with Crippen LogP contribution in [-0.4, -0.2) is 22.6 Å². The molecule has 1 aromatic carbocycles. The lowest BCUT2D eigenvalue weighted by molar-refractivity contribution is 0.507. The number of nitrogens with one attached hydrogen (secondary N) is 1. The highest BCUT2D eigenvalue weighted by Gasteiger charge is 2.04. The van der Waals surface area contributed by atoms with Crippen molar-refractivity contribution in [1.29, 1.82) is 0 Å². The van der Waals surface area contributed by atoms with Crippen LogP contribution in [0.5, 0.6) is 0 Å². The number of fused-ring (bicyclic) bond motifs is 1. The molecule has 96 valence electrons. The fourth-order valence-corrected chi connectivity index (χ4v) is 2.05. The molecule has 0 saturated heterocycles. The minimum atomic E-state index is -0.0224. The Bertz CT molecular complexity index is 577. The molecule has 0 saturated carbocycles. The SMILES string of the molecule is CNC(C)CCCn1c(=O)cnc2ccccc21. The van der Waals surface area contributed by atoms with Crippen molar-refractivity contribution in [3.63, 3.8) is 0 Å². The summed E-state index contributed by atoms with van der Waals surface area (Å²) in [6, 6.07) is 8.24. The van der Waals surface area contributed by atoms with E-state index in [0.29, 0.717) is 6.04 Å². The second-order valence-corrected chi connectivity index (χ2v) is 4.57. The number of hydrogen-bond acceptors (Lipinski definition) is 3. The minimum absolute atomic E-state index is 0.0224. The molecule has 0 bridgehead atoms. The van der Waals surface area contributed by atoms with Gasteiger partial charge in [0.15, 0.2) is 0 Å². The van der Waals surface area contributed by atoms with E-state index in [1.54, 1.807) is 0 Å². The van der Waals surface area contributed by atoms with Gasteiger partial charge in [0.05, 0.1) is 17.2 Å². The summed E-state index contributed by atoms with van der Waals surface area (Å²) >= 11 is 0. The molecule has 18 heavy (non-hydrogen) atoms. The standard InChI is InChI=1S/C14H19N3O/c1-11(15-2)6-5-9-17-13-8-4-3-7-12(13)16-10-14(17)18/h3-4,7-8,10-11,15H,5-6,9H2,1-2H3. The first-order valence-corrected chi connectivity index (χ1v) is 6.34. The third-order valence-electron chi connectivity index (χ3n) is 3.26. The van der Waals surface area contributed by atoms with E-state index in [1.165, 1.54) is 6.20 Å². The summed E-state index contributed by atoms with van der Waals surface area (Å²) in [5, 5.41) is 3.20. The van der Waals surface area contributed by atoms with Crippen molar-refractivity contribution in [2.45, 2.75) is 32.4 Å². The molecule has 0 aliphatic rings. The lowest BCUT2D eigenvalue weighted by Gasteiger charge is -2.12. The van der Waals surface area contributed by atoms with E-state index < -0.39 is 0 Å². The highest BCUT2D eigenvalue weighted by atomic mass is 16.1. The molecule has 1 unspecified atom stereocenters. The average Bonchev–Trinajstić information content (AvgIpc) is 2.41. The predicted molar refractivity (Wildman–Crippen MR) is 73.8 cm³/mol. The molecular weight excluding hydrogens is 226 g/mol. The number of benzene rings is 1. The molecule has 0 aliphatic carbocycles. The fourth-order valence-electron chi connectivity index (χ4n) is 2.05. The zero-order chi connectivity index (χ0) is 13.0. The molecule has 1 atom stereocenters. The van der Waals surface area contributed by atoms with Gasteiger partial charge in [-0.15, -0.1) is 0 Å². The third kappa shape index (κ3) is 2.76. The average molecular weight is 245 g/mol. The Balaban J connectivity index is 2.21. The van der Waals surface area contributed by atoms with E-state index in [1.807, 2.05) is 35.9 Å². The molecule has 0 aliphatic heterocycles. The molecule has 0 spiro atoms. The maximum Gasteiger partial charge on any atom is 0.269 e. The summed E-state index contributed by atoms with van der Waals surface area (Å²) in [5.41, 5.74) is 1.77. The highest BCUT2D eigenvalue weighted by Crippen LogP contribution is 2.09. The van der Waals surface area contributed by atoms with E-state index in [4.69, 9.17) is 0 Å². The summed E-state index contributed by atoms with van der Waals surface area (Å²) in [4.78, 5) is 16.0. The maximum absolute atomic E-state index is 11.9. The van der Waals surface area contributed by atoms with Crippen LogP contribution in [0.2, 0.25) is 0 Å². The molecule has 1 aromatic heterocycles. The van der Waals surface area contributed by atoms with Crippen LogP contribution < -0.4 is 10.9 Å². The van der Waals surface area contributed by atoms with Crippen LogP contribution in [-0.2, 0) is 6.54 Å². The van der Waals surface area contributed by atoms with E-state index in [9.17, 15) is 4.79 Å². The summed E-state index contributed by atoms with van der Waals surface area (Å²) in [7, 11) is 1.96. The Labute approximate surface area is 107 Å². The van der Waals surface area contributed by atoms with E-state index in [2.05, 4.69) is 17.2 Å². The van der Waals surface area contributed by atoms with Gasteiger partial charge in [0.2, 0.25) is 0 Å². The molecule has 0 amide bonds. The summed E-state index contributed by atoms with van der Waals surface area (Å²) in [5.74, 6) is 0. The lowest BCUT2D eigenvalue weighted by atomic mass is 10.2. The molecule has 1 heterocycles. The molecule has 2 rings (SSSR count). The largest absolute Gasteiger partial charge is 0.317 e. The quantitative estimate of drug-likeness (QED) is 0.873. The predicted octanol–water partition coefficient (Wildman–Crippen LogP) is 1.78. The monoisotopic (exact) mass is 245 g/mol. The van der Waals surface area contributed by atoms with Gasteiger partial charge in [-0.1, -0.05) is 12.1 Å². The lowest BCUT2D eigenvalue weighted by Crippen LogP contribution is -2.24. The Morgan fingerprint density at radius 2 is 2.17 bits per heavy atom. The smallest absolute Gasteiger partial charge is 0.269 e. The van der Waals surface area contributed by atoms with Gasteiger partial charge in [-0.05, 0) is 38.9 Å². The Hall–Kier alpha value is -1.68. The number of rotatable bonds is 5. The minimum Gasteiger partial charge on any atom is -0.317 e. The van der Waals surface area contributed by atoms with Gasteiger partial charge in [-0.3, -0.25) is 4.79 Å². The molecular formula is C14H19N3O. The summed E-state index contributed by atoms with van der Waals surface area (Å²) in [6.07, 6.45) is 3.44. The molecule has 0 fully saturated rings. The van der Waals surface area contributed by atoms with Crippen LogP contribution in [0.25, 0.3) is 11.0 Å². The molecule has 0 radical (unpaired) electrons. The fraction of sp³-hybridized carbons (Fsp3) is 0.429. The van der Waals surface area contributed by atoms with Crippen LogP contribution in [0.3, 0.4) is 0 Å². The molecule has 2 aromatic rings.